The Morgan fingerprint density at radius 1 is 0.960 bits per heavy atom. The van der Waals surface area contributed by atoms with Crippen LogP contribution in [0.25, 0.3) is 10.8 Å². The van der Waals surface area contributed by atoms with Crippen molar-refractivity contribution in [3.05, 3.63) is 71.3 Å². The van der Waals surface area contributed by atoms with Gasteiger partial charge in [0.2, 0.25) is 5.91 Å². The van der Waals surface area contributed by atoms with Crippen molar-refractivity contribution in [2.75, 3.05) is 12.4 Å². The van der Waals surface area contributed by atoms with Crippen molar-refractivity contribution in [1.29, 1.82) is 0 Å². The number of anilines is 1. The van der Waals surface area contributed by atoms with E-state index in [0.29, 0.717) is 0 Å². The lowest BCUT2D eigenvalue weighted by molar-refractivity contribution is -0.117. The first-order chi connectivity index (χ1) is 12.0. The van der Waals surface area contributed by atoms with Crippen LogP contribution in [0.3, 0.4) is 0 Å². The Bertz CT molecular complexity index is 910. The molecule has 25 heavy (non-hydrogen) atoms. The fraction of sp³-hybridized carbons (Fsp3) is 0.227. The second-order valence-electron chi connectivity index (χ2n) is 6.45. The number of carbonyl (C=O) groups excluding carboxylic acids is 1. The maximum absolute atomic E-state index is 12.7. The standard InChI is InChI=1S/C22H23NO2/c1-14-6-5-7-15(2)21(14)23-22(24)16(3)17-8-9-19-13-20(25-4)11-10-18(19)12-17/h5-13,16H,1-4H3,(H,23,24)/t16-/m0/s1. The Morgan fingerprint density at radius 2 is 1.60 bits per heavy atom. The fourth-order valence-corrected chi connectivity index (χ4v) is 3.03. The van der Waals surface area contributed by atoms with Crippen molar-refractivity contribution in [2.24, 2.45) is 0 Å². The highest BCUT2D eigenvalue weighted by molar-refractivity contribution is 5.97. The molecule has 3 aromatic rings. The number of hydrogen-bond acceptors (Lipinski definition) is 2. The van der Waals surface area contributed by atoms with Crippen LogP contribution in [0, 0.1) is 13.8 Å². The summed E-state index contributed by atoms with van der Waals surface area (Å²) in [6, 6.07) is 18.1. The number of ether oxygens (including phenoxy) is 1. The average molecular weight is 333 g/mol. The van der Waals surface area contributed by atoms with Gasteiger partial charge in [-0.25, -0.2) is 0 Å². The van der Waals surface area contributed by atoms with Gasteiger partial charge in [-0.05, 0) is 60.4 Å². The summed E-state index contributed by atoms with van der Waals surface area (Å²) in [6.45, 7) is 5.96. The predicted molar refractivity (Wildman–Crippen MR) is 103 cm³/mol. The number of fused-ring (bicyclic) bond motifs is 1. The van der Waals surface area contributed by atoms with E-state index in [1.807, 2.05) is 69.3 Å². The molecular weight excluding hydrogens is 310 g/mol. The molecule has 0 unspecified atom stereocenters. The number of nitrogens with one attached hydrogen (secondary N) is 1. The van der Waals surface area contributed by atoms with Crippen LogP contribution in [0.15, 0.2) is 54.6 Å². The van der Waals surface area contributed by atoms with Crippen molar-refractivity contribution in [3.63, 3.8) is 0 Å². The number of benzene rings is 3. The molecule has 1 N–H and O–H groups in total. The first kappa shape index (κ1) is 17.0. The third-order valence-corrected chi connectivity index (χ3v) is 4.69. The van der Waals surface area contributed by atoms with Crippen LogP contribution in [0.1, 0.15) is 29.5 Å². The van der Waals surface area contributed by atoms with Crippen LogP contribution in [0.5, 0.6) is 5.75 Å². The minimum absolute atomic E-state index is 0.00487. The van der Waals surface area contributed by atoms with E-state index in [2.05, 4.69) is 11.4 Å². The van der Waals surface area contributed by atoms with Crippen molar-refractivity contribution in [3.8, 4) is 5.75 Å². The molecule has 128 valence electrons. The van der Waals surface area contributed by atoms with Gasteiger partial charge in [0.05, 0.1) is 13.0 Å². The minimum atomic E-state index is -0.231. The molecule has 0 spiro atoms. The third kappa shape index (κ3) is 3.50. The molecule has 3 heteroatoms. The van der Waals surface area contributed by atoms with E-state index in [1.54, 1.807) is 7.11 Å². The van der Waals surface area contributed by atoms with Crippen LogP contribution < -0.4 is 10.1 Å². The Hall–Kier alpha value is -2.81. The molecule has 0 aliphatic rings. The van der Waals surface area contributed by atoms with Gasteiger partial charge < -0.3 is 10.1 Å². The number of methoxy groups -OCH3 is 1. The molecule has 0 aliphatic heterocycles. The molecule has 0 radical (unpaired) electrons. The van der Waals surface area contributed by atoms with Crippen LogP contribution >= 0.6 is 0 Å². The van der Waals surface area contributed by atoms with Crippen LogP contribution in [0.2, 0.25) is 0 Å². The molecule has 0 saturated carbocycles. The summed E-state index contributed by atoms with van der Waals surface area (Å²) in [4.78, 5) is 12.7. The zero-order chi connectivity index (χ0) is 18.0. The highest BCUT2D eigenvalue weighted by Gasteiger charge is 2.17. The second kappa shape index (κ2) is 6.98. The summed E-state index contributed by atoms with van der Waals surface area (Å²) in [7, 11) is 1.66. The van der Waals surface area contributed by atoms with Gasteiger partial charge in [0, 0.05) is 5.69 Å². The first-order valence-corrected chi connectivity index (χ1v) is 8.44. The fourth-order valence-electron chi connectivity index (χ4n) is 3.03. The number of hydrogen-bond donors (Lipinski definition) is 1. The molecule has 1 amide bonds. The van der Waals surface area contributed by atoms with Gasteiger partial charge in [-0.3, -0.25) is 4.79 Å². The highest BCUT2D eigenvalue weighted by atomic mass is 16.5. The van der Waals surface area contributed by atoms with Gasteiger partial charge in [-0.2, -0.15) is 0 Å². The van der Waals surface area contributed by atoms with E-state index in [-0.39, 0.29) is 11.8 Å². The van der Waals surface area contributed by atoms with E-state index in [1.165, 1.54) is 0 Å². The van der Waals surface area contributed by atoms with E-state index >= 15 is 0 Å². The van der Waals surface area contributed by atoms with Crippen molar-refractivity contribution in [2.45, 2.75) is 26.7 Å². The lowest BCUT2D eigenvalue weighted by atomic mass is 9.96. The third-order valence-electron chi connectivity index (χ3n) is 4.69. The number of para-hydroxylation sites is 1. The number of carbonyl (C=O) groups is 1. The van der Waals surface area contributed by atoms with Gasteiger partial charge in [-0.15, -0.1) is 0 Å². The van der Waals surface area contributed by atoms with E-state index < -0.39 is 0 Å². The zero-order valence-corrected chi connectivity index (χ0v) is 15.1. The zero-order valence-electron chi connectivity index (χ0n) is 15.1. The minimum Gasteiger partial charge on any atom is -0.497 e. The summed E-state index contributed by atoms with van der Waals surface area (Å²) in [5.74, 6) is 0.608. The Kier molecular flexibility index (Phi) is 4.75. The summed E-state index contributed by atoms with van der Waals surface area (Å²) < 4.78 is 5.26. The van der Waals surface area contributed by atoms with Crippen LogP contribution in [-0.2, 0) is 4.79 Å². The molecule has 0 heterocycles. The summed E-state index contributed by atoms with van der Waals surface area (Å²) in [5.41, 5.74) is 4.06. The monoisotopic (exact) mass is 333 g/mol. The van der Waals surface area contributed by atoms with Gasteiger partial charge in [0.25, 0.3) is 0 Å². The number of aryl methyl sites for hydroxylation is 2. The molecule has 3 rings (SSSR count). The summed E-state index contributed by atoms with van der Waals surface area (Å²) in [5, 5.41) is 5.29. The normalized spacial score (nSPS) is 12.0. The summed E-state index contributed by atoms with van der Waals surface area (Å²) >= 11 is 0. The molecule has 0 fully saturated rings. The SMILES string of the molecule is COc1ccc2cc([C@H](C)C(=O)Nc3c(C)cccc3C)ccc2c1. The van der Waals surface area contributed by atoms with E-state index in [0.717, 1.165) is 38.9 Å². The molecule has 0 saturated heterocycles. The number of amides is 1. The molecule has 3 nitrogen and oxygen atoms in total. The molecule has 3 aromatic carbocycles. The molecular formula is C22H23NO2. The van der Waals surface area contributed by atoms with Crippen molar-refractivity contribution >= 4 is 22.4 Å². The average Bonchev–Trinajstić information content (AvgIpc) is 2.63. The quantitative estimate of drug-likeness (QED) is 0.712. The van der Waals surface area contributed by atoms with Gasteiger partial charge in [0.1, 0.15) is 5.75 Å². The van der Waals surface area contributed by atoms with Crippen molar-refractivity contribution < 1.29 is 9.53 Å². The van der Waals surface area contributed by atoms with E-state index in [4.69, 9.17) is 4.74 Å². The molecule has 0 aromatic heterocycles. The van der Waals surface area contributed by atoms with Crippen LogP contribution in [0.4, 0.5) is 5.69 Å². The number of rotatable bonds is 4. The Balaban J connectivity index is 1.85. The Morgan fingerprint density at radius 3 is 2.28 bits per heavy atom. The lowest BCUT2D eigenvalue weighted by Gasteiger charge is -2.16. The van der Waals surface area contributed by atoms with Crippen LogP contribution in [-0.4, -0.2) is 13.0 Å². The predicted octanol–water partition coefficient (Wildman–Crippen LogP) is 5.21. The maximum Gasteiger partial charge on any atom is 0.231 e. The van der Waals surface area contributed by atoms with Crippen molar-refractivity contribution in [1.82, 2.24) is 0 Å². The lowest BCUT2D eigenvalue weighted by Crippen LogP contribution is -2.20. The molecule has 0 aliphatic carbocycles. The van der Waals surface area contributed by atoms with Gasteiger partial charge >= 0.3 is 0 Å². The van der Waals surface area contributed by atoms with Gasteiger partial charge in [-0.1, -0.05) is 42.5 Å². The first-order valence-electron chi connectivity index (χ1n) is 8.44. The molecule has 1 atom stereocenters. The highest BCUT2D eigenvalue weighted by Crippen LogP contribution is 2.27. The second-order valence-corrected chi connectivity index (χ2v) is 6.45. The van der Waals surface area contributed by atoms with E-state index in [9.17, 15) is 4.79 Å². The Labute approximate surface area is 148 Å². The maximum atomic E-state index is 12.7. The van der Waals surface area contributed by atoms with Gasteiger partial charge in [0.15, 0.2) is 0 Å². The molecule has 0 bridgehead atoms. The summed E-state index contributed by atoms with van der Waals surface area (Å²) in [6.07, 6.45) is 0. The topological polar surface area (TPSA) is 38.3 Å². The smallest absolute Gasteiger partial charge is 0.231 e. The largest absolute Gasteiger partial charge is 0.497 e.